The summed E-state index contributed by atoms with van der Waals surface area (Å²) in [7, 11) is -1.75. The van der Waals surface area contributed by atoms with Crippen LogP contribution in [0.3, 0.4) is 0 Å². The van der Waals surface area contributed by atoms with Crippen LogP contribution in [0.4, 0.5) is 5.69 Å². The van der Waals surface area contributed by atoms with E-state index in [9.17, 15) is 8.42 Å². The van der Waals surface area contributed by atoms with E-state index in [0.717, 1.165) is 11.1 Å². The summed E-state index contributed by atoms with van der Waals surface area (Å²) in [5, 5.41) is 3.98. The zero-order chi connectivity index (χ0) is 14.0. The van der Waals surface area contributed by atoms with E-state index in [0.29, 0.717) is 5.69 Å². The second-order valence-electron chi connectivity index (χ2n) is 4.37. The number of anilines is 1. The molecule has 3 N–H and O–H groups in total. The predicted octanol–water partition coefficient (Wildman–Crippen LogP) is 0.789. The van der Waals surface area contributed by atoms with Gasteiger partial charge in [0.15, 0.2) is 0 Å². The van der Waals surface area contributed by atoms with Crippen LogP contribution in [-0.4, -0.2) is 18.2 Å². The summed E-state index contributed by atoms with van der Waals surface area (Å²) in [6, 6.07) is 4.64. The lowest BCUT2D eigenvalue weighted by Crippen LogP contribution is -2.23. The monoisotopic (exact) mass is 280 g/mol. The molecule has 0 bridgehead atoms. The van der Waals surface area contributed by atoms with Crippen LogP contribution in [0, 0.1) is 6.92 Å². The van der Waals surface area contributed by atoms with Crippen LogP contribution < -0.4 is 10.5 Å². The van der Waals surface area contributed by atoms with Crippen LogP contribution in [0.25, 0.3) is 0 Å². The number of nitrogens with zero attached hydrogens (tertiary/aromatic N) is 2. The summed E-state index contributed by atoms with van der Waals surface area (Å²) in [4.78, 5) is 0.211. The molecule has 0 fully saturated rings. The van der Waals surface area contributed by atoms with E-state index in [1.165, 1.54) is 6.07 Å². The topological polar surface area (TPSA) is 90.0 Å². The number of nitrogens with two attached hydrogens (primary N) is 1. The van der Waals surface area contributed by atoms with Crippen molar-refractivity contribution in [3.05, 3.63) is 41.7 Å². The minimum Gasteiger partial charge on any atom is -0.399 e. The Labute approximate surface area is 112 Å². The van der Waals surface area contributed by atoms with Crippen molar-refractivity contribution in [2.24, 2.45) is 7.05 Å². The fraction of sp³-hybridized carbons (Fsp3) is 0.250. The second kappa shape index (κ2) is 5.02. The maximum Gasteiger partial charge on any atom is 0.240 e. The van der Waals surface area contributed by atoms with Gasteiger partial charge in [0.25, 0.3) is 0 Å². The molecule has 1 aromatic carbocycles. The van der Waals surface area contributed by atoms with Gasteiger partial charge >= 0.3 is 0 Å². The van der Waals surface area contributed by atoms with Gasteiger partial charge in [-0.25, -0.2) is 13.1 Å². The number of benzene rings is 1. The molecule has 6 nitrogen and oxygen atoms in total. The molecular weight excluding hydrogens is 264 g/mol. The van der Waals surface area contributed by atoms with Gasteiger partial charge < -0.3 is 5.73 Å². The predicted molar refractivity (Wildman–Crippen MR) is 72.8 cm³/mol. The van der Waals surface area contributed by atoms with Crippen LogP contribution >= 0.6 is 0 Å². The van der Waals surface area contributed by atoms with Gasteiger partial charge in [-0.05, 0) is 30.7 Å². The van der Waals surface area contributed by atoms with Crippen molar-refractivity contribution in [1.29, 1.82) is 0 Å². The van der Waals surface area contributed by atoms with Gasteiger partial charge in [-0.1, -0.05) is 0 Å². The Morgan fingerprint density at radius 3 is 2.74 bits per heavy atom. The SMILES string of the molecule is Cc1cc(S(=O)(=O)NCc2cnn(C)c2)ccc1N. The molecule has 1 heterocycles. The van der Waals surface area contributed by atoms with Crippen LogP contribution in [0.5, 0.6) is 0 Å². The number of nitrogen functional groups attached to an aromatic ring is 1. The smallest absolute Gasteiger partial charge is 0.240 e. The van der Waals surface area contributed by atoms with Gasteiger partial charge in [-0.3, -0.25) is 4.68 Å². The summed E-state index contributed by atoms with van der Waals surface area (Å²) in [5.41, 5.74) is 7.79. The number of sulfonamides is 1. The number of hydrogen-bond acceptors (Lipinski definition) is 4. The van der Waals surface area contributed by atoms with Gasteiger partial charge in [-0.2, -0.15) is 5.10 Å². The Hall–Kier alpha value is -1.86. The van der Waals surface area contributed by atoms with Crippen LogP contribution in [0.2, 0.25) is 0 Å². The highest BCUT2D eigenvalue weighted by Crippen LogP contribution is 2.16. The van der Waals surface area contributed by atoms with Gasteiger partial charge in [0, 0.05) is 31.0 Å². The van der Waals surface area contributed by atoms with E-state index in [1.807, 2.05) is 0 Å². The molecule has 0 aliphatic heterocycles. The average Bonchev–Trinajstić information content (AvgIpc) is 2.76. The third kappa shape index (κ3) is 3.12. The quantitative estimate of drug-likeness (QED) is 0.810. The van der Waals surface area contributed by atoms with Crippen molar-refractivity contribution in [3.63, 3.8) is 0 Å². The lowest BCUT2D eigenvalue weighted by atomic mass is 10.2. The van der Waals surface area contributed by atoms with Crippen LogP contribution in [0.1, 0.15) is 11.1 Å². The number of nitrogens with one attached hydrogen (secondary N) is 1. The number of aryl methyl sites for hydroxylation is 2. The first-order valence-electron chi connectivity index (χ1n) is 5.72. The van der Waals surface area contributed by atoms with Crippen molar-refractivity contribution in [2.75, 3.05) is 5.73 Å². The van der Waals surface area contributed by atoms with Gasteiger partial charge in [0.2, 0.25) is 10.0 Å². The average molecular weight is 280 g/mol. The molecule has 2 rings (SSSR count). The standard InChI is InChI=1S/C12H16N4O2S/c1-9-5-11(3-4-12(9)13)19(17,18)15-7-10-6-14-16(2)8-10/h3-6,8,15H,7,13H2,1-2H3. The lowest BCUT2D eigenvalue weighted by molar-refractivity contribution is 0.581. The van der Waals surface area contributed by atoms with E-state index >= 15 is 0 Å². The second-order valence-corrected chi connectivity index (χ2v) is 6.13. The molecule has 102 valence electrons. The largest absolute Gasteiger partial charge is 0.399 e. The number of aromatic nitrogens is 2. The highest BCUT2D eigenvalue weighted by atomic mass is 32.2. The first kappa shape index (κ1) is 13.6. The fourth-order valence-corrected chi connectivity index (χ4v) is 2.74. The molecule has 0 saturated heterocycles. The molecule has 19 heavy (non-hydrogen) atoms. The Balaban J connectivity index is 2.16. The minimum absolute atomic E-state index is 0.208. The first-order chi connectivity index (χ1) is 8.88. The van der Waals surface area contributed by atoms with E-state index in [2.05, 4.69) is 9.82 Å². The minimum atomic E-state index is -3.53. The highest BCUT2D eigenvalue weighted by molar-refractivity contribution is 7.89. The Morgan fingerprint density at radius 2 is 2.16 bits per heavy atom. The van der Waals surface area contributed by atoms with Crippen LogP contribution in [0.15, 0.2) is 35.5 Å². The Bertz CT molecular complexity index is 692. The van der Waals surface area contributed by atoms with Crippen LogP contribution in [-0.2, 0) is 23.6 Å². The maximum atomic E-state index is 12.1. The van der Waals surface area contributed by atoms with Crippen molar-refractivity contribution in [2.45, 2.75) is 18.4 Å². The zero-order valence-corrected chi connectivity index (χ0v) is 11.6. The summed E-state index contributed by atoms with van der Waals surface area (Å²) >= 11 is 0. The summed E-state index contributed by atoms with van der Waals surface area (Å²) in [6.07, 6.45) is 3.38. The van der Waals surface area contributed by atoms with E-state index in [4.69, 9.17) is 5.73 Å². The van der Waals surface area contributed by atoms with Gasteiger partial charge in [0.05, 0.1) is 11.1 Å². The number of rotatable bonds is 4. The van der Waals surface area contributed by atoms with E-state index < -0.39 is 10.0 Å². The van der Waals surface area contributed by atoms with Crippen molar-refractivity contribution in [3.8, 4) is 0 Å². The Morgan fingerprint density at radius 1 is 1.42 bits per heavy atom. The maximum absolute atomic E-state index is 12.1. The number of hydrogen-bond donors (Lipinski definition) is 2. The first-order valence-corrected chi connectivity index (χ1v) is 7.20. The van der Waals surface area contributed by atoms with E-state index in [-0.39, 0.29) is 11.4 Å². The molecule has 0 radical (unpaired) electrons. The van der Waals surface area contributed by atoms with Gasteiger partial charge in [0.1, 0.15) is 0 Å². The molecule has 7 heteroatoms. The molecule has 0 atom stereocenters. The summed E-state index contributed by atoms with van der Waals surface area (Å²) < 4.78 is 28.3. The van der Waals surface area contributed by atoms with Crippen molar-refractivity contribution >= 4 is 15.7 Å². The van der Waals surface area contributed by atoms with Gasteiger partial charge in [-0.15, -0.1) is 0 Å². The fourth-order valence-electron chi connectivity index (χ4n) is 1.64. The van der Waals surface area contributed by atoms with Crippen molar-refractivity contribution < 1.29 is 8.42 Å². The molecule has 0 amide bonds. The molecule has 0 aliphatic rings. The molecule has 2 aromatic rings. The van der Waals surface area contributed by atoms with E-state index in [1.54, 1.807) is 43.2 Å². The third-order valence-electron chi connectivity index (χ3n) is 2.78. The summed E-state index contributed by atoms with van der Waals surface area (Å²) in [6.45, 7) is 1.98. The molecule has 0 unspecified atom stereocenters. The highest BCUT2D eigenvalue weighted by Gasteiger charge is 2.14. The third-order valence-corrected chi connectivity index (χ3v) is 4.18. The molecule has 0 aliphatic carbocycles. The normalized spacial score (nSPS) is 11.7. The zero-order valence-electron chi connectivity index (χ0n) is 10.8. The molecule has 0 saturated carbocycles. The Kier molecular flexibility index (Phi) is 3.59. The lowest BCUT2D eigenvalue weighted by Gasteiger charge is -2.07. The molecular formula is C12H16N4O2S. The summed E-state index contributed by atoms with van der Waals surface area (Å²) in [5.74, 6) is 0. The molecule has 1 aromatic heterocycles. The van der Waals surface area contributed by atoms with Crippen molar-refractivity contribution in [1.82, 2.24) is 14.5 Å². The molecule has 0 spiro atoms.